The molecule has 18 heavy (non-hydrogen) atoms. The second-order valence-electron chi connectivity index (χ2n) is 3.25. The van der Waals surface area contributed by atoms with Crippen molar-refractivity contribution in [2.24, 2.45) is 0 Å². The summed E-state index contributed by atoms with van der Waals surface area (Å²) in [7, 11) is -4.39. The first kappa shape index (κ1) is 15.9. The number of anilines is 1. The van der Waals surface area contributed by atoms with E-state index in [9.17, 15) is 17.8 Å². The minimum Gasteiger partial charge on any atom is -0.748 e. The molecule has 6 nitrogen and oxygen atoms in total. The summed E-state index contributed by atoms with van der Waals surface area (Å²) in [6, 6.07) is 3.32. The highest BCUT2D eigenvalue weighted by Gasteiger charge is 2.14. The summed E-state index contributed by atoms with van der Waals surface area (Å²) >= 11 is 3.99. The number of benzene rings is 1. The van der Waals surface area contributed by atoms with Crippen molar-refractivity contribution in [1.29, 1.82) is 0 Å². The molecule has 0 saturated carbocycles. The third-order valence-corrected chi connectivity index (χ3v) is 4.06. The molecule has 0 atom stereocenters. The standard InChI is InChI=1S/C9H9I2NO5S/c10-5-3-6(8(12)7(11)4-5)9(13)17-1-2-18(14,15)16/h3-4H,1-2,12H2,(H,14,15,16)/p-1. The van der Waals surface area contributed by atoms with Crippen LogP contribution in [0.4, 0.5) is 5.69 Å². The van der Waals surface area contributed by atoms with Gasteiger partial charge in [0, 0.05) is 7.14 Å². The predicted molar refractivity (Wildman–Crippen MR) is 81.1 cm³/mol. The molecule has 0 aromatic heterocycles. The lowest BCUT2D eigenvalue weighted by atomic mass is 10.2. The number of hydrogen-bond donors (Lipinski definition) is 1. The Kier molecular flexibility index (Phi) is 5.61. The average molecular weight is 496 g/mol. The van der Waals surface area contributed by atoms with Crippen LogP contribution in [-0.2, 0) is 14.9 Å². The maximum Gasteiger partial charge on any atom is 0.340 e. The predicted octanol–water partition coefficient (Wildman–Crippen LogP) is 1.18. The summed E-state index contributed by atoms with van der Waals surface area (Å²) in [5.41, 5.74) is 6.15. The SMILES string of the molecule is Nc1c(I)cc(I)cc1C(=O)OCCS(=O)(=O)[O-]. The second-order valence-corrected chi connectivity index (χ2v) is 7.18. The molecule has 1 aromatic carbocycles. The minimum absolute atomic E-state index is 0.162. The van der Waals surface area contributed by atoms with Gasteiger partial charge in [-0.15, -0.1) is 0 Å². The third kappa shape index (κ3) is 4.85. The van der Waals surface area contributed by atoms with Crippen LogP contribution in [0.25, 0.3) is 0 Å². The van der Waals surface area contributed by atoms with Crippen molar-refractivity contribution in [3.05, 3.63) is 24.8 Å². The summed E-state index contributed by atoms with van der Waals surface area (Å²) in [6.45, 7) is -0.480. The van der Waals surface area contributed by atoms with Gasteiger partial charge in [0.05, 0.1) is 27.1 Å². The number of esters is 1. The van der Waals surface area contributed by atoms with Gasteiger partial charge in [0.1, 0.15) is 6.61 Å². The van der Waals surface area contributed by atoms with Gasteiger partial charge >= 0.3 is 5.97 Å². The topological polar surface area (TPSA) is 110 Å². The van der Waals surface area contributed by atoms with Crippen LogP contribution in [0, 0.1) is 7.14 Å². The second kappa shape index (κ2) is 6.34. The highest BCUT2D eigenvalue weighted by Crippen LogP contribution is 2.23. The van der Waals surface area contributed by atoms with Crippen LogP contribution in [0.2, 0.25) is 0 Å². The monoisotopic (exact) mass is 496 g/mol. The fourth-order valence-corrected chi connectivity index (χ4v) is 3.20. The van der Waals surface area contributed by atoms with Crippen molar-refractivity contribution < 1.29 is 22.5 Å². The fourth-order valence-electron chi connectivity index (χ4n) is 1.07. The van der Waals surface area contributed by atoms with E-state index in [1.165, 1.54) is 6.07 Å². The van der Waals surface area contributed by atoms with Gasteiger partial charge < -0.3 is 15.0 Å². The zero-order valence-corrected chi connectivity index (χ0v) is 14.0. The molecule has 0 unspecified atom stereocenters. The van der Waals surface area contributed by atoms with Crippen molar-refractivity contribution in [3.63, 3.8) is 0 Å². The maximum atomic E-state index is 11.7. The number of ether oxygens (including phenoxy) is 1. The molecule has 1 aromatic rings. The van der Waals surface area contributed by atoms with Crippen LogP contribution in [-0.4, -0.2) is 31.3 Å². The van der Waals surface area contributed by atoms with Crippen LogP contribution in [0.3, 0.4) is 0 Å². The smallest absolute Gasteiger partial charge is 0.340 e. The molecular formula is C9H8I2NO5S-. The van der Waals surface area contributed by atoms with Crippen molar-refractivity contribution >= 4 is 67.0 Å². The summed E-state index contributed by atoms with van der Waals surface area (Å²) in [6.07, 6.45) is 0. The Morgan fingerprint density at radius 1 is 1.39 bits per heavy atom. The first-order valence-electron chi connectivity index (χ1n) is 4.56. The van der Waals surface area contributed by atoms with Crippen molar-refractivity contribution in [3.8, 4) is 0 Å². The van der Waals surface area contributed by atoms with Crippen LogP contribution in [0.1, 0.15) is 10.4 Å². The van der Waals surface area contributed by atoms with Crippen LogP contribution < -0.4 is 5.73 Å². The molecule has 0 amide bonds. The molecule has 0 heterocycles. The van der Waals surface area contributed by atoms with E-state index in [0.717, 1.165) is 3.57 Å². The van der Waals surface area contributed by atoms with Crippen LogP contribution in [0.5, 0.6) is 0 Å². The van der Waals surface area contributed by atoms with E-state index in [2.05, 4.69) is 0 Å². The summed E-state index contributed by atoms with van der Waals surface area (Å²) in [5.74, 6) is -1.49. The molecule has 2 N–H and O–H groups in total. The number of hydrogen-bond acceptors (Lipinski definition) is 6. The zero-order chi connectivity index (χ0) is 13.9. The summed E-state index contributed by atoms with van der Waals surface area (Å²) in [5, 5.41) is 0. The molecule has 100 valence electrons. The molecule has 0 aliphatic heterocycles. The molecule has 0 fully saturated rings. The number of nitrogens with two attached hydrogens (primary N) is 1. The summed E-state index contributed by atoms with van der Waals surface area (Å²) in [4.78, 5) is 11.7. The zero-order valence-electron chi connectivity index (χ0n) is 8.85. The summed E-state index contributed by atoms with van der Waals surface area (Å²) < 4.78 is 37.2. The fraction of sp³-hybridized carbons (Fsp3) is 0.222. The van der Waals surface area contributed by atoms with Gasteiger partial charge in [-0.05, 0) is 57.3 Å². The van der Waals surface area contributed by atoms with E-state index >= 15 is 0 Å². The number of rotatable bonds is 4. The minimum atomic E-state index is -4.39. The van der Waals surface area contributed by atoms with Gasteiger partial charge in [0.15, 0.2) is 0 Å². The van der Waals surface area contributed by atoms with Crippen LogP contribution >= 0.6 is 45.2 Å². The number of nitrogen functional groups attached to an aromatic ring is 1. The maximum absolute atomic E-state index is 11.7. The molecule has 0 radical (unpaired) electrons. The molecule has 0 spiro atoms. The lowest BCUT2D eigenvalue weighted by molar-refractivity contribution is 0.0529. The lowest BCUT2D eigenvalue weighted by Crippen LogP contribution is -2.16. The van der Waals surface area contributed by atoms with Gasteiger partial charge in [-0.3, -0.25) is 0 Å². The van der Waals surface area contributed by atoms with Gasteiger partial charge in [-0.2, -0.15) is 0 Å². The number of carbonyl (C=O) groups is 1. The molecule has 0 bridgehead atoms. The van der Waals surface area contributed by atoms with E-state index in [-0.39, 0.29) is 11.3 Å². The normalized spacial score (nSPS) is 11.3. The first-order valence-corrected chi connectivity index (χ1v) is 8.29. The lowest BCUT2D eigenvalue weighted by Gasteiger charge is -2.10. The Morgan fingerprint density at radius 3 is 2.56 bits per heavy atom. The Balaban J connectivity index is 2.79. The van der Waals surface area contributed by atoms with Gasteiger partial charge in [0.25, 0.3) is 0 Å². The Labute approximate surface area is 131 Å². The highest BCUT2D eigenvalue weighted by atomic mass is 127. The molecule has 0 aliphatic rings. The number of halogens is 2. The molecule has 0 aliphatic carbocycles. The van der Waals surface area contributed by atoms with E-state index in [4.69, 9.17) is 10.5 Å². The van der Waals surface area contributed by atoms with Crippen molar-refractivity contribution in [2.75, 3.05) is 18.1 Å². The Morgan fingerprint density at radius 2 is 2.00 bits per heavy atom. The molecular weight excluding hydrogens is 488 g/mol. The van der Waals surface area contributed by atoms with Gasteiger partial charge in [0.2, 0.25) is 0 Å². The van der Waals surface area contributed by atoms with E-state index < -0.39 is 28.4 Å². The van der Waals surface area contributed by atoms with Gasteiger partial charge in [-0.25, -0.2) is 13.2 Å². The van der Waals surface area contributed by atoms with E-state index in [1.807, 2.05) is 45.2 Å². The van der Waals surface area contributed by atoms with E-state index in [1.54, 1.807) is 6.07 Å². The Hall–Kier alpha value is -0.140. The molecule has 0 saturated heterocycles. The van der Waals surface area contributed by atoms with Gasteiger partial charge in [-0.1, -0.05) is 0 Å². The highest BCUT2D eigenvalue weighted by molar-refractivity contribution is 14.1. The van der Waals surface area contributed by atoms with Crippen LogP contribution in [0.15, 0.2) is 12.1 Å². The number of carbonyl (C=O) groups excluding carboxylic acids is 1. The Bertz CT molecular complexity index is 573. The largest absolute Gasteiger partial charge is 0.748 e. The first-order chi connectivity index (χ1) is 8.20. The van der Waals surface area contributed by atoms with E-state index in [0.29, 0.717) is 3.57 Å². The van der Waals surface area contributed by atoms with Crippen molar-refractivity contribution in [1.82, 2.24) is 0 Å². The quantitative estimate of drug-likeness (QED) is 0.291. The third-order valence-electron chi connectivity index (χ3n) is 1.88. The molecule has 1 rings (SSSR count). The average Bonchev–Trinajstić information content (AvgIpc) is 2.21. The molecule has 9 heteroatoms. The van der Waals surface area contributed by atoms with Crippen molar-refractivity contribution in [2.45, 2.75) is 0 Å².